The van der Waals surface area contributed by atoms with Crippen molar-refractivity contribution in [1.29, 1.82) is 0 Å². The van der Waals surface area contributed by atoms with Crippen LogP contribution >= 0.6 is 12.4 Å². The fraction of sp³-hybridized carbons (Fsp3) is 0.474. The smallest absolute Gasteiger partial charge is 0.255 e. The summed E-state index contributed by atoms with van der Waals surface area (Å²) in [4.78, 5) is 12.7. The molecule has 1 amide bonds. The van der Waals surface area contributed by atoms with Gasteiger partial charge in [-0.3, -0.25) is 4.79 Å². The topological polar surface area (TPSA) is 59.0 Å². The van der Waals surface area contributed by atoms with E-state index in [4.69, 9.17) is 0 Å². The standard InChI is InChI=1S/C19H26N4O.ClH/c1-13(2)18-17(19(24)22-15-5-4-10-20-11-15)12-21-23(18)16-8-6-14(3)7-9-16;/h6-9,12-13,15,20H,4-5,10-11H2,1-3H3,(H,22,24);1H. The molecule has 1 aromatic heterocycles. The quantitative estimate of drug-likeness (QED) is 0.878. The molecule has 136 valence electrons. The van der Waals surface area contributed by atoms with Gasteiger partial charge in [-0.2, -0.15) is 5.10 Å². The Morgan fingerprint density at radius 1 is 1.32 bits per heavy atom. The molecule has 0 saturated carbocycles. The summed E-state index contributed by atoms with van der Waals surface area (Å²) in [5, 5.41) is 11.0. The molecule has 0 aliphatic carbocycles. The Hall–Kier alpha value is -1.85. The van der Waals surface area contributed by atoms with Crippen LogP contribution < -0.4 is 10.6 Å². The SMILES string of the molecule is Cc1ccc(-n2ncc(C(=O)NC3CCCNC3)c2C(C)C)cc1.Cl. The van der Waals surface area contributed by atoms with E-state index >= 15 is 0 Å². The molecule has 1 fully saturated rings. The van der Waals surface area contributed by atoms with Crippen LogP contribution in [0.3, 0.4) is 0 Å². The number of nitrogens with zero attached hydrogens (tertiary/aromatic N) is 2. The van der Waals surface area contributed by atoms with Crippen LogP contribution in [0.4, 0.5) is 0 Å². The Morgan fingerprint density at radius 3 is 2.64 bits per heavy atom. The highest BCUT2D eigenvalue weighted by Gasteiger charge is 2.23. The summed E-state index contributed by atoms with van der Waals surface area (Å²) in [5.41, 5.74) is 3.83. The second kappa shape index (κ2) is 8.50. The van der Waals surface area contributed by atoms with Gasteiger partial charge in [0.15, 0.2) is 0 Å². The number of benzene rings is 1. The first kappa shape index (κ1) is 19.5. The summed E-state index contributed by atoms with van der Waals surface area (Å²) in [6, 6.07) is 8.42. The molecule has 1 aliphatic heterocycles. The summed E-state index contributed by atoms with van der Waals surface area (Å²) in [6.07, 6.45) is 3.83. The number of aryl methyl sites for hydroxylation is 1. The zero-order valence-corrected chi connectivity index (χ0v) is 15.9. The number of carbonyl (C=O) groups excluding carboxylic acids is 1. The van der Waals surface area contributed by atoms with Gasteiger partial charge in [0, 0.05) is 12.6 Å². The summed E-state index contributed by atoms with van der Waals surface area (Å²) in [6.45, 7) is 8.14. The van der Waals surface area contributed by atoms with Gasteiger partial charge in [0.1, 0.15) is 0 Å². The summed E-state index contributed by atoms with van der Waals surface area (Å²) < 4.78 is 1.89. The molecule has 1 unspecified atom stereocenters. The van der Waals surface area contributed by atoms with Crippen LogP contribution in [0.1, 0.15) is 54.2 Å². The van der Waals surface area contributed by atoms with Gasteiger partial charge in [-0.15, -0.1) is 12.4 Å². The molecule has 1 aromatic carbocycles. The molecule has 2 aromatic rings. The molecule has 0 radical (unpaired) electrons. The minimum Gasteiger partial charge on any atom is -0.348 e. The number of hydrogen-bond acceptors (Lipinski definition) is 3. The third-order valence-electron chi connectivity index (χ3n) is 4.51. The highest BCUT2D eigenvalue weighted by Crippen LogP contribution is 2.23. The van der Waals surface area contributed by atoms with E-state index in [1.165, 1.54) is 5.56 Å². The number of rotatable bonds is 4. The van der Waals surface area contributed by atoms with Crippen LogP contribution in [0, 0.1) is 6.92 Å². The van der Waals surface area contributed by atoms with Crippen LogP contribution in [0.5, 0.6) is 0 Å². The predicted molar refractivity (Wildman–Crippen MR) is 103 cm³/mol. The fourth-order valence-electron chi connectivity index (χ4n) is 3.22. The van der Waals surface area contributed by atoms with Crippen molar-refractivity contribution in [3.8, 4) is 5.69 Å². The van der Waals surface area contributed by atoms with Gasteiger partial charge in [0.2, 0.25) is 0 Å². The van der Waals surface area contributed by atoms with Gasteiger partial charge < -0.3 is 10.6 Å². The minimum atomic E-state index is -0.0224. The van der Waals surface area contributed by atoms with Gasteiger partial charge in [0.25, 0.3) is 5.91 Å². The number of aromatic nitrogens is 2. The number of halogens is 1. The molecular formula is C19H27ClN4O. The number of amides is 1. The minimum absolute atomic E-state index is 0. The van der Waals surface area contributed by atoms with Gasteiger partial charge in [-0.1, -0.05) is 31.5 Å². The van der Waals surface area contributed by atoms with Crippen molar-refractivity contribution in [2.75, 3.05) is 13.1 Å². The monoisotopic (exact) mass is 362 g/mol. The maximum absolute atomic E-state index is 12.7. The van der Waals surface area contributed by atoms with E-state index in [0.29, 0.717) is 5.56 Å². The normalized spacial score (nSPS) is 17.2. The van der Waals surface area contributed by atoms with E-state index in [0.717, 1.165) is 37.3 Å². The van der Waals surface area contributed by atoms with Crippen LogP contribution in [0.15, 0.2) is 30.5 Å². The fourth-order valence-corrected chi connectivity index (χ4v) is 3.22. The summed E-state index contributed by atoms with van der Waals surface area (Å²) in [7, 11) is 0. The average molecular weight is 363 g/mol. The van der Waals surface area contributed by atoms with E-state index in [2.05, 4.69) is 48.6 Å². The van der Waals surface area contributed by atoms with Crippen LogP contribution in [0.2, 0.25) is 0 Å². The maximum atomic E-state index is 12.7. The van der Waals surface area contributed by atoms with Crippen molar-refractivity contribution in [2.24, 2.45) is 0 Å². The molecule has 6 heteroatoms. The number of piperidine rings is 1. The molecule has 5 nitrogen and oxygen atoms in total. The van der Waals surface area contributed by atoms with Crippen molar-refractivity contribution < 1.29 is 4.79 Å². The first-order valence-electron chi connectivity index (χ1n) is 8.73. The molecular weight excluding hydrogens is 336 g/mol. The number of nitrogens with one attached hydrogen (secondary N) is 2. The van der Waals surface area contributed by atoms with Gasteiger partial charge in [0.05, 0.1) is 23.1 Å². The molecule has 25 heavy (non-hydrogen) atoms. The molecule has 1 atom stereocenters. The highest BCUT2D eigenvalue weighted by atomic mass is 35.5. The lowest BCUT2D eigenvalue weighted by atomic mass is 10.0. The van der Waals surface area contributed by atoms with Crippen molar-refractivity contribution in [3.63, 3.8) is 0 Å². The second-order valence-electron chi connectivity index (χ2n) is 6.86. The van der Waals surface area contributed by atoms with Crippen LogP contribution in [-0.4, -0.2) is 34.8 Å². The van der Waals surface area contributed by atoms with Crippen LogP contribution in [0.25, 0.3) is 5.69 Å². The number of carbonyl (C=O) groups is 1. The maximum Gasteiger partial charge on any atom is 0.255 e. The lowest BCUT2D eigenvalue weighted by Crippen LogP contribution is -2.45. The molecule has 2 N–H and O–H groups in total. The van der Waals surface area contributed by atoms with E-state index in [1.54, 1.807) is 6.20 Å². The molecule has 0 bridgehead atoms. The van der Waals surface area contributed by atoms with E-state index < -0.39 is 0 Å². The summed E-state index contributed by atoms with van der Waals surface area (Å²) in [5.74, 6) is 0.185. The third kappa shape index (κ3) is 4.41. The first-order valence-corrected chi connectivity index (χ1v) is 8.73. The Kier molecular flexibility index (Phi) is 6.62. The summed E-state index contributed by atoms with van der Waals surface area (Å²) >= 11 is 0. The largest absolute Gasteiger partial charge is 0.348 e. The van der Waals surface area contributed by atoms with Gasteiger partial charge in [-0.25, -0.2) is 4.68 Å². The predicted octanol–water partition coefficient (Wildman–Crippen LogP) is 3.21. The van der Waals surface area contributed by atoms with Crippen molar-refractivity contribution in [1.82, 2.24) is 20.4 Å². The van der Waals surface area contributed by atoms with E-state index in [1.807, 2.05) is 16.8 Å². The van der Waals surface area contributed by atoms with Crippen LogP contribution in [-0.2, 0) is 0 Å². The van der Waals surface area contributed by atoms with E-state index in [-0.39, 0.29) is 30.3 Å². The van der Waals surface area contributed by atoms with Crippen molar-refractivity contribution >= 4 is 18.3 Å². The van der Waals surface area contributed by atoms with Gasteiger partial charge >= 0.3 is 0 Å². The first-order chi connectivity index (χ1) is 11.6. The molecule has 2 heterocycles. The Bertz CT molecular complexity index is 703. The zero-order valence-electron chi connectivity index (χ0n) is 15.1. The second-order valence-corrected chi connectivity index (χ2v) is 6.86. The average Bonchev–Trinajstić information content (AvgIpc) is 3.02. The van der Waals surface area contributed by atoms with Crippen molar-refractivity contribution in [3.05, 3.63) is 47.3 Å². The lowest BCUT2D eigenvalue weighted by molar-refractivity contribution is 0.0929. The highest BCUT2D eigenvalue weighted by molar-refractivity contribution is 5.95. The molecule has 1 saturated heterocycles. The molecule has 1 aliphatic rings. The molecule has 0 spiro atoms. The Balaban J connectivity index is 0.00000225. The lowest BCUT2D eigenvalue weighted by Gasteiger charge is -2.24. The third-order valence-corrected chi connectivity index (χ3v) is 4.51. The van der Waals surface area contributed by atoms with Gasteiger partial charge in [-0.05, 0) is 44.4 Å². The zero-order chi connectivity index (χ0) is 17.1. The number of hydrogen-bond donors (Lipinski definition) is 2. The van der Waals surface area contributed by atoms with E-state index in [9.17, 15) is 4.79 Å². The Morgan fingerprint density at radius 2 is 2.04 bits per heavy atom. The molecule has 3 rings (SSSR count). The van der Waals surface area contributed by atoms with Crippen molar-refractivity contribution in [2.45, 2.75) is 45.6 Å². The Labute approximate surface area is 155 Å².